The molecule has 1 atom stereocenters. The van der Waals surface area contributed by atoms with Crippen molar-refractivity contribution in [3.05, 3.63) is 102 Å². The minimum Gasteiger partial charge on any atom is -0.612 e. The molecule has 0 spiro atoms. The van der Waals surface area contributed by atoms with Gasteiger partial charge in [0.15, 0.2) is 4.90 Å². The second kappa shape index (κ2) is 7.17. The molecule has 5 heteroatoms. The molecule has 36 heavy (non-hydrogen) atoms. The van der Waals surface area contributed by atoms with E-state index in [2.05, 4.69) is 81.6 Å². The molecule has 0 bridgehead atoms. The van der Waals surface area contributed by atoms with Crippen LogP contribution in [0.5, 0.6) is 0 Å². The average Bonchev–Trinajstić information content (AvgIpc) is 3.41. The summed E-state index contributed by atoms with van der Waals surface area (Å²) in [6, 6.07) is 33.7. The molecular weight excluding hydrogens is 484 g/mol. The van der Waals surface area contributed by atoms with Crippen LogP contribution in [-0.2, 0) is 11.2 Å². The van der Waals surface area contributed by atoms with Crippen LogP contribution in [0.2, 0.25) is 5.02 Å². The van der Waals surface area contributed by atoms with Crippen LogP contribution in [0.4, 0.5) is 0 Å². The SMILES string of the molecule is C[S+]([O-])c1ccccc1-c1ccc2c3ccc(Cl)cc3n3c4cccc5c6ccccc6n(c1c23)c54. The molecule has 0 radical (unpaired) electrons. The lowest BCUT2D eigenvalue weighted by Crippen LogP contribution is -2.02. The Balaban J connectivity index is 1.76. The summed E-state index contributed by atoms with van der Waals surface area (Å²) in [7, 11) is 0. The number of nitrogens with zero attached hydrogens (tertiary/aromatic N) is 2. The number of hydrogen-bond donors (Lipinski definition) is 0. The van der Waals surface area contributed by atoms with Crippen molar-refractivity contribution in [1.29, 1.82) is 0 Å². The molecule has 3 aromatic heterocycles. The van der Waals surface area contributed by atoms with Gasteiger partial charge in [0.05, 0.1) is 33.1 Å². The summed E-state index contributed by atoms with van der Waals surface area (Å²) in [4.78, 5) is 0.838. The van der Waals surface area contributed by atoms with E-state index >= 15 is 0 Å². The molecule has 0 aliphatic carbocycles. The fraction of sp³-hybridized carbons (Fsp3) is 0.0323. The summed E-state index contributed by atoms with van der Waals surface area (Å²) in [5.74, 6) is 0. The zero-order chi connectivity index (χ0) is 24.1. The van der Waals surface area contributed by atoms with Gasteiger partial charge in [-0.3, -0.25) is 0 Å². The van der Waals surface area contributed by atoms with Crippen molar-refractivity contribution < 1.29 is 4.55 Å². The fourth-order valence-electron chi connectivity index (χ4n) is 6.11. The van der Waals surface area contributed by atoms with E-state index in [-0.39, 0.29) is 0 Å². The molecule has 0 aliphatic heterocycles. The van der Waals surface area contributed by atoms with Crippen molar-refractivity contribution in [1.82, 2.24) is 8.80 Å². The largest absolute Gasteiger partial charge is 0.612 e. The van der Waals surface area contributed by atoms with E-state index in [4.69, 9.17) is 11.6 Å². The second-order valence-corrected chi connectivity index (χ2v) is 11.1. The lowest BCUT2D eigenvalue weighted by atomic mass is 10.0. The van der Waals surface area contributed by atoms with Crippen molar-refractivity contribution in [3.8, 4) is 11.1 Å². The van der Waals surface area contributed by atoms with Crippen molar-refractivity contribution in [3.63, 3.8) is 0 Å². The summed E-state index contributed by atoms with van der Waals surface area (Å²) in [5.41, 5.74) is 8.89. The molecule has 8 aromatic rings. The summed E-state index contributed by atoms with van der Waals surface area (Å²) in [5, 5.41) is 5.50. The van der Waals surface area contributed by atoms with Crippen LogP contribution in [0.1, 0.15) is 0 Å². The van der Waals surface area contributed by atoms with Gasteiger partial charge >= 0.3 is 0 Å². The van der Waals surface area contributed by atoms with Crippen LogP contribution in [0.15, 0.2) is 102 Å². The quantitative estimate of drug-likeness (QED) is 0.173. The third-order valence-electron chi connectivity index (χ3n) is 7.49. The first-order valence-electron chi connectivity index (χ1n) is 11.9. The van der Waals surface area contributed by atoms with E-state index in [0.29, 0.717) is 5.02 Å². The minimum absolute atomic E-state index is 0.716. The van der Waals surface area contributed by atoms with E-state index in [0.717, 1.165) is 38.1 Å². The first kappa shape index (κ1) is 20.5. The molecule has 3 nitrogen and oxygen atoms in total. The third-order valence-corrected chi connectivity index (χ3v) is 8.70. The Morgan fingerprint density at radius 3 is 2.17 bits per heavy atom. The molecule has 0 aliphatic rings. The Labute approximate surface area is 214 Å². The van der Waals surface area contributed by atoms with Crippen molar-refractivity contribution in [2.75, 3.05) is 6.26 Å². The standard InChI is InChI=1S/C31H19ClN2OS/c1-36(35)28-12-5-3-8-21(28)24-16-15-23-20-14-13-18(32)17-27(20)33-26-11-6-9-22-19-7-2-4-10-25(19)34(29(22)26)31(24)30(23)33/h2-17H,1H3. The highest BCUT2D eigenvalue weighted by Gasteiger charge is 2.24. The molecule has 5 aromatic carbocycles. The van der Waals surface area contributed by atoms with Crippen LogP contribution in [0.3, 0.4) is 0 Å². The lowest BCUT2D eigenvalue weighted by Gasteiger charge is -2.17. The molecule has 0 saturated heterocycles. The topological polar surface area (TPSA) is 31.9 Å². The molecule has 8 rings (SSSR count). The number of aromatic nitrogens is 2. The van der Waals surface area contributed by atoms with Gasteiger partial charge in [-0.2, -0.15) is 0 Å². The third kappa shape index (κ3) is 2.49. The Hall–Kier alpha value is -3.70. The highest BCUT2D eigenvalue weighted by molar-refractivity contribution is 7.90. The number of rotatable bonds is 2. The van der Waals surface area contributed by atoms with Crippen LogP contribution in [0, 0.1) is 0 Å². The molecular formula is C31H19ClN2OS. The predicted molar refractivity (Wildman–Crippen MR) is 152 cm³/mol. The van der Waals surface area contributed by atoms with Gasteiger partial charge in [0.1, 0.15) is 6.26 Å². The fourth-order valence-corrected chi connectivity index (χ4v) is 7.03. The molecule has 0 amide bonds. The van der Waals surface area contributed by atoms with E-state index in [9.17, 15) is 4.55 Å². The Morgan fingerprint density at radius 2 is 1.28 bits per heavy atom. The molecule has 0 N–H and O–H groups in total. The van der Waals surface area contributed by atoms with Gasteiger partial charge in [0.2, 0.25) is 0 Å². The number of hydrogen-bond acceptors (Lipinski definition) is 1. The van der Waals surface area contributed by atoms with Crippen LogP contribution in [-0.4, -0.2) is 19.6 Å². The average molecular weight is 503 g/mol. The van der Waals surface area contributed by atoms with Gasteiger partial charge in [0, 0.05) is 37.7 Å². The molecule has 0 fully saturated rings. The predicted octanol–water partition coefficient (Wildman–Crippen LogP) is 8.30. The van der Waals surface area contributed by atoms with Gasteiger partial charge in [-0.25, -0.2) is 0 Å². The Bertz CT molecular complexity index is 2150. The monoisotopic (exact) mass is 502 g/mol. The first-order valence-corrected chi connectivity index (χ1v) is 13.8. The number of fused-ring (bicyclic) bond motifs is 8. The van der Waals surface area contributed by atoms with Crippen molar-refractivity contribution in [2.45, 2.75) is 4.90 Å². The normalized spacial score (nSPS) is 13.3. The Kier molecular flexibility index (Phi) is 4.08. The zero-order valence-corrected chi connectivity index (χ0v) is 20.9. The van der Waals surface area contributed by atoms with Crippen molar-refractivity contribution in [2.24, 2.45) is 0 Å². The molecule has 172 valence electrons. The highest BCUT2D eigenvalue weighted by Crippen LogP contribution is 2.44. The van der Waals surface area contributed by atoms with Gasteiger partial charge in [-0.1, -0.05) is 72.3 Å². The van der Waals surface area contributed by atoms with Gasteiger partial charge in [-0.15, -0.1) is 0 Å². The maximum absolute atomic E-state index is 12.8. The maximum Gasteiger partial charge on any atom is 0.160 e. The van der Waals surface area contributed by atoms with E-state index in [1.807, 2.05) is 24.3 Å². The molecule has 0 saturated carbocycles. The van der Waals surface area contributed by atoms with E-state index in [1.54, 1.807) is 6.26 Å². The highest BCUT2D eigenvalue weighted by atomic mass is 35.5. The van der Waals surface area contributed by atoms with Crippen LogP contribution >= 0.6 is 11.6 Å². The van der Waals surface area contributed by atoms with Gasteiger partial charge in [-0.05, 0) is 47.6 Å². The lowest BCUT2D eigenvalue weighted by molar-refractivity contribution is 0.601. The number of halogens is 1. The molecule has 1 unspecified atom stereocenters. The summed E-state index contributed by atoms with van der Waals surface area (Å²) >= 11 is 5.41. The maximum atomic E-state index is 12.8. The number of benzene rings is 5. The van der Waals surface area contributed by atoms with Gasteiger partial charge < -0.3 is 13.4 Å². The summed E-state index contributed by atoms with van der Waals surface area (Å²) in [6.45, 7) is 0. The minimum atomic E-state index is -1.12. The zero-order valence-electron chi connectivity index (χ0n) is 19.3. The van der Waals surface area contributed by atoms with Gasteiger partial charge in [0.25, 0.3) is 0 Å². The number of para-hydroxylation sites is 2. The smallest absolute Gasteiger partial charge is 0.160 e. The van der Waals surface area contributed by atoms with Crippen LogP contribution in [0.25, 0.3) is 65.8 Å². The first-order chi connectivity index (χ1) is 17.6. The Morgan fingerprint density at radius 1 is 0.583 bits per heavy atom. The summed E-state index contributed by atoms with van der Waals surface area (Å²) in [6.07, 6.45) is 1.75. The van der Waals surface area contributed by atoms with Crippen LogP contribution < -0.4 is 0 Å². The second-order valence-electron chi connectivity index (χ2n) is 9.33. The van der Waals surface area contributed by atoms with E-state index in [1.165, 1.54) is 32.6 Å². The molecule has 3 heterocycles. The van der Waals surface area contributed by atoms with Crippen molar-refractivity contribution >= 4 is 77.4 Å². The summed E-state index contributed by atoms with van der Waals surface area (Å²) < 4.78 is 17.6. The van der Waals surface area contributed by atoms with E-state index < -0.39 is 11.2 Å².